The van der Waals surface area contributed by atoms with Crippen molar-refractivity contribution in [1.82, 2.24) is 0 Å². The molecule has 0 radical (unpaired) electrons. The molecular weight excluding hydrogens is 354 g/mol. The molecule has 138 valence electrons. The summed E-state index contributed by atoms with van der Waals surface area (Å²) < 4.78 is 48.0. The monoisotopic (exact) mass is 380 g/mol. The van der Waals surface area contributed by atoms with Crippen LogP contribution in [-0.4, -0.2) is 76.3 Å². The number of nitrogens with zero attached hydrogens (tertiary/aromatic N) is 1. The molecular formula is C15H26NO6S2+. The van der Waals surface area contributed by atoms with E-state index in [1.54, 1.807) is 11.3 Å². The van der Waals surface area contributed by atoms with Gasteiger partial charge >= 0.3 is 0 Å². The van der Waals surface area contributed by atoms with Crippen LogP contribution in [0.15, 0.2) is 10.8 Å². The van der Waals surface area contributed by atoms with E-state index in [4.69, 9.17) is 18.8 Å². The van der Waals surface area contributed by atoms with E-state index in [2.05, 4.69) is 0 Å². The zero-order chi connectivity index (χ0) is 17.6. The Morgan fingerprint density at radius 2 is 2.00 bits per heavy atom. The van der Waals surface area contributed by atoms with Crippen molar-refractivity contribution in [2.24, 2.45) is 0 Å². The summed E-state index contributed by atoms with van der Waals surface area (Å²) in [5, 5.41) is 3.85. The third-order valence-electron chi connectivity index (χ3n) is 3.83. The minimum absolute atomic E-state index is 0.0793. The van der Waals surface area contributed by atoms with E-state index in [0.717, 1.165) is 24.5 Å². The maximum Gasteiger partial charge on any atom is 0.265 e. The Balaban J connectivity index is 1.56. The Kier molecular flexibility index (Phi) is 6.88. The highest BCUT2D eigenvalue weighted by Gasteiger charge is 2.22. The van der Waals surface area contributed by atoms with Crippen molar-refractivity contribution in [3.05, 3.63) is 10.8 Å². The fourth-order valence-corrected chi connectivity index (χ4v) is 3.70. The van der Waals surface area contributed by atoms with Gasteiger partial charge in [0.15, 0.2) is 17.6 Å². The third kappa shape index (κ3) is 6.94. The number of thiophene rings is 1. The van der Waals surface area contributed by atoms with Crippen LogP contribution in [0.4, 0.5) is 0 Å². The molecule has 0 saturated heterocycles. The molecule has 1 unspecified atom stereocenters. The van der Waals surface area contributed by atoms with Gasteiger partial charge in [-0.3, -0.25) is 4.55 Å². The van der Waals surface area contributed by atoms with Gasteiger partial charge in [0.1, 0.15) is 6.61 Å². The zero-order valence-corrected chi connectivity index (χ0v) is 15.8. The lowest BCUT2D eigenvalue weighted by Crippen LogP contribution is -2.42. The van der Waals surface area contributed by atoms with Crippen molar-refractivity contribution in [2.45, 2.75) is 18.9 Å². The molecule has 9 heteroatoms. The number of hydrogen-bond acceptors (Lipinski definition) is 6. The molecule has 7 nitrogen and oxygen atoms in total. The van der Waals surface area contributed by atoms with Gasteiger partial charge in [-0.15, -0.1) is 11.3 Å². The lowest BCUT2D eigenvalue weighted by Gasteiger charge is -2.30. The molecule has 1 atom stereocenters. The average molecular weight is 381 g/mol. The molecule has 0 amide bonds. The first kappa shape index (κ1) is 19.5. The summed E-state index contributed by atoms with van der Waals surface area (Å²) in [6.45, 7) is 3.19. The highest BCUT2D eigenvalue weighted by molar-refractivity contribution is 7.85. The first-order valence-electron chi connectivity index (χ1n) is 7.96. The van der Waals surface area contributed by atoms with E-state index in [1.807, 2.05) is 24.9 Å². The van der Waals surface area contributed by atoms with Gasteiger partial charge < -0.3 is 18.7 Å². The van der Waals surface area contributed by atoms with E-state index in [9.17, 15) is 8.42 Å². The molecule has 1 aliphatic rings. The van der Waals surface area contributed by atoms with Crippen LogP contribution in [-0.2, 0) is 14.9 Å². The van der Waals surface area contributed by atoms with E-state index >= 15 is 0 Å². The van der Waals surface area contributed by atoms with Crippen LogP contribution in [0, 0.1) is 0 Å². The van der Waals surface area contributed by atoms with Crippen LogP contribution < -0.4 is 9.47 Å². The van der Waals surface area contributed by atoms with Gasteiger partial charge in [-0.1, -0.05) is 0 Å². The fourth-order valence-electron chi connectivity index (χ4n) is 2.54. The van der Waals surface area contributed by atoms with Crippen molar-refractivity contribution in [1.29, 1.82) is 0 Å². The van der Waals surface area contributed by atoms with Gasteiger partial charge in [0, 0.05) is 23.6 Å². The van der Waals surface area contributed by atoms with Gasteiger partial charge in [0.05, 0.1) is 46.2 Å². The Morgan fingerprint density at radius 1 is 1.29 bits per heavy atom. The lowest BCUT2D eigenvalue weighted by atomic mass is 10.3. The highest BCUT2D eigenvalue weighted by Crippen LogP contribution is 2.35. The fraction of sp³-hybridized carbons (Fsp3) is 0.733. The zero-order valence-electron chi connectivity index (χ0n) is 14.1. The smallest absolute Gasteiger partial charge is 0.265 e. The SMILES string of the molecule is C[N+](C)(CCCOCC1COc2cscc2O1)CCCS(=O)(=O)O. The van der Waals surface area contributed by atoms with Gasteiger partial charge in [-0.2, -0.15) is 8.42 Å². The van der Waals surface area contributed by atoms with Crippen molar-refractivity contribution in [2.75, 3.05) is 52.8 Å². The predicted molar refractivity (Wildman–Crippen MR) is 92.5 cm³/mol. The van der Waals surface area contributed by atoms with Crippen molar-refractivity contribution in [3.8, 4) is 11.5 Å². The Hall–Kier alpha value is -0.870. The van der Waals surface area contributed by atoms with Crippen molar-refractivity contribution in [3.63, 3.8) is 0 Å². The largest absolute Gasteiger partial charge is 0.485 e. The number of quaternary nitrogens is 1. The van der Waals surface area contributed by atoms with E-state index in [-0.39, 0.29) is 11.9 Å². The molecule has 24 heavy (non-hydrogen) atoms. The van der Waals surface area contributed by atoms with Gasteiger partial charge in [0.25, 0.3) is 10.1 Å². The molecule has 1 aromatic heterocycles. The molecule has 0 bridgehead atoms. The average Bonchev–Trinajstić information content (AvgIpc) is 2.92. The maximum atomic E-state index is 10.7. The molecule has 0 saturated carbocycles. The maximum absolute atomic E-state index is 10.7. The first-order valence-corrected chi connectivity index (χ1v) is 10.5. The van der Waals surface area contributed by atoms with Crippen LogP contribution in [0.5, 0.6) is 11.5 Å². The van der Waals surface area contributed by atoms with Crippen molar-refractivity contribution < 1.29 is 31.7 Å². The summed E-state index contributed by atoms with van der Waals surface area (Å²) in [6, 6.07) is 0. The molecule has 0 fully saturated rings. The Labute approximate surface area is 147 Å². The second kappa shape index (κ2) is 8.48. The second-order valence-corrected chi connectivity index (χ2v) is 8.92. The van der Waals surface area contributed by atoms with Crippen LogP contribution in [0.2, 0.25) is 0 Å². The molecule has 1 N–H and O–H groups in total. The molecule has 1 aliphatic heterocycles. The summed E-state index contributed by atoms with van der Waals surface area (Å²) in [6.07, 6.45) is 1.24. The quantitative estimate of drug-likeness (QED) is 0.378. The standard InChI is InChI=1S/C15H25NO6S2/c1-16(2,6-4-8-24(17,18)19)5-3-7-20-9-13-10-21-14-11-23-12-15(14)22-13/h11-13H,3-10H2,1-2H3/p+1. The first-order chi connectivity index (χ1) is 11.3. The molecule has 0 aromatic carbocycles. The summed E-state index contributed by atoms with van der Waals surface area (Å²) in [5.74, 6) is 1.41. The predicted octanol–water partition coefficient (Wildman–Crippen LogP) is 1.65. The Bertz CT molecular complexity index is 613. The third-order valence-corrected chi connectivity index (χ3v) is 5.34. The van der Waals surface area contributed by atoms with Gasteiger partial charge in [-0.05, 0) is 0 Å². The number of fused-ring (bicyclic) bond motifs is 1. The van der Waals surface area contributed by atoms with Crippen LogP contribution in [0.3, 0.4) is 0 Å². The molecule has 2 rings (SSSR count). The van der Waals surface area contributed by atoms with E-state index in [1.165, 1.54) is 0 Å². The van der Waals surface area contributed by atoms with Crippen LogP contribution in [0.25, 0.3) is 0 Å². The lowest BCUT2D eigenvalue weighted by molar-refractivity contribution is -0.890. The summed E-state index contributed by atoms with van der Waals surface area (Å²) in [5.41, 5.74) is 0. The summed E-state index contributed by atoms with van der Waals surface area (Å²) in [7, 11) is 0.219. The minimum Gasteiger partial charge on any atom is -0.485 e. The van der Waals surface area contributed by atoms with Crippen LogP contribution in [0.1, 0.15) is 12.8 Å². The number of rotatable bonds is 10. The summed E-state index contributed by atoms with van der Waals surface area (Å²) in [4.78, 5) is 0. The van der Waals surface area contributed by atoms with Gasteiger partial charge in [0.2, 0.25) is 0 Å². The number of ether oxygens (including phenoxy) is 3. The minimum atomic E-state index is -3.86. The number of hydrogen-bond donors (Lipinski definition) is 1. The Morgan fingerprint density at radius 3 is 2.75 bits per heavy atom. The normalized spacial score (nSPS) is 17.9. The summed E-state index contributed by atoms with van der Waals surface area (Å²) >= 11 is 1.55. The highest BCUT2D eigenvalue weighted by atomic mass is 32.2. The van der Waals surface area contributed by atoms with Gasteiger partial charge in [-0.25, -0.2) is 0 Å². The topological polar surface area (TPSA) is 82.1 Å². The molecule has 1 aromatic rings. The molecule has 0 aliphatic carbocycles. The molecule has 2 heterocycles. The van der Waals surface area contributed by atoms with E-state index in [0.29, 0.717) is 37.3 Å². The van der Waals surface area contributed by atoms with Crippen molar-refractivity contribution >= 4 is 21.5 Å². The second-order valence-electron chi connectivity index (χ2n) is 6.60. The van der Waals surface area contributed by atoms with E-state index < -0.39 is 10.1 Å². The molecule has 0 spiro atoms. The van der Waals surface area contributed by atoms with Crippen LogP contribution >= 0.6 is 11.3 Å².